The highest BCUT2D eigenvalue weighted by atomic mass is 16.3. The lowest BCUT2D eigenvalue weighted by Gasteiger charge is -2.21. The van der Waals surface area contributed by atoms with Gasteiger partial charge in [-0.05, 0) is 31.0 Å². The largest absolute Gasteiger partial charge is 0.392 e. The van der Waals surface area contributed by atoms with E-state index in [9.17, 15) is 5.11 Å². The van der Waals surface area contributed by atoms with E-state index < -0.39 is 0 Å². The number of rotatable bonds is 6. The van der Waals surface area contributed by atoms with Crippen molar-refractivity contribution in [2.45, 2.75) is 26.9 Å². The second kappa shape index (κ2) is 6.28. The van der Waals surface area contributed by atoms with Crippen LogP contribution in [0.1, 0.15) is 25.1 Å². The number of pyridine rings is 1. The van der Waals surface area contributed by atoms with Gasteiger partial charge in [0, 0.05) is 18.8 Å². The molecule has 1 N–H and O–H groups in total. The number of aromatic nitrogens is 1. The summed E-state index contributed by atoms with van der Waals surface area (Å²) in [5, 5.41) is 9.20. The first-order valence-electron chi connectivity index (χ1n) is 5.71. The van der Waals surface area contributed by atoms with Gasteiger partial charge in [0.05, 0.1) is 6.61 Å². The van der Waals surface area contributed by atoms with Crippen LogP contribution in [0.25, 0.3) is 0 Å². The first kappa shape index (κ1) is 12.7. The predicted molar refractivity (Wildman–Crippen MR) is 67.6 cm³/mol. The molecule has 0 spiro atoms. The summed E-state index contributed by atoms with van der Waals surface area (Å²) in [6.45, 7) is 9.62. The van der Waals surface area contributed by atoms with E-state index in [-0.39, 0.29) is 6.61 Å². The Kier molecular flexibility index (Phi) is 4.99. The van der Waals surface area contributed by atoms with E-state index in [1.807, 2.05) is 18.2 Å². The zero-order valence-electron chi connectivity index (χ0n) is 10.1. The lowest BCUT2D eigenvalue weighted by molar-refractivity contribution is 0.281. The molecular weight excluding hydrogens is 200 g/mol. The maximum absolute atomic E-state index is 9.20. The van der Waals surface area contributed by atoms with Gasteiger partial charge in [0.1, 0.15) is 5.82 Å². The van der Waals surface area contributed by atoms with Gasteiger partial charge in [-0.15, -0.1) is 6.58 Å². The van der Waals surface area contributed by atoms with Crippen LogP contribution in [-0.2, 0) is 13.0 Å². The molecule has 3 nitrogen and oxygen atoms in total. The maximum atomic E-state index is 9.20. The Morgan fingerprint density at radius 1 is 1.44 bits per heavy atom. The zero-order valence-corrected chi connectivity index (χ0v) is 10.1. The number of hydrogen-bond donors (Lipinski definition) is 1. The van der Waals surface area contributed by atoms with Crippen LogP contribution in [0, 0.1) is 0 Å². The quantitative estimate of drug-likeness (QED) is 0.746. The summed E-state index contributed by atoms with van der Waals surface area (Å²) in [5.74, 6) is 0.922. The maximum Gasteiger partial charge on any atom is 0.129 e. The molecule has 0 amide bonds. The van der Waals surface area contributed by atoms with Gasteiger partial charge in [-0.2, -0.15) is 0 Å². The zero-order chi connectivity index (χ0) is 12.0. The van der Waals surface area contributed by atoms with E-state index >= 15 is 0 Å². The average molecular weight is 220 g/mol. The van der Waals surface area contributed by atoms with Crippen molar-refractivity contribution in [1.29, 1.82) is 0 Å². The highest BCUT2D eigenvalue weighted by molar-refractivity contribution is 5.43. The molecule has 1 aromatic heterocycles. The van der Waals surface area contributed by atoms with Crippen molar-refractivity contribution in [2.75, 3.05) is 18.0 Å². The van der Waals surface area contributed by atoms with Crippen molar-refractivity contribution >= 4 is 5.82 Å². The molecule has 0 aliphatic heterocycles. The summed E-state index contributed by atoms with van der Waals surface area (Å²) in [4.78, 5) is 6.69. The number of aliphatic hydroxyl groups excluding tert-OH is 1. The molecule has 88 valence electrons. The SMILES string of the molecule is C=CCN(CC)c1cc(CO)cc(CC)n1. The van der Waals surface area contributed by atoms with Crippen LogP contribution in [0.2, 0.25) is 0 Å². The Bertz CT molecular complexity index is 328. The van der Waals surface area contributed by atoms with Crippen LogP contribution >= 0.6 is 0 Å². The molecule has 0 aliphatic rings. The fourth-order valence-corrected chi connectivity index (χ4v) is 1.61. The predicted octanol–water partition coefficient (Wildman–Crippen LogP) is 2.15. The van der Waals surface area contributed by atoms with Crippen molar-refractivity contribution in [3.05, 3.63) is 36.0 Å². The van der Waals surface area contributed by atoms with E-state index in [1.165, 1.54) is 0 Å². The Balaban J connectivity index is 3.04. The fourth-order valence-electron chi connectivity index (χ4n) is 1.61. The standard InChI is InChI=1S/C13H20N2O/c1-4-7-15(6-3)13-9-11(10-16)8-12(5-2)14-13/h4,8-9,16H,1,5-7,10H2,2-3H3. The second-order valence-electron chi connectivity index (χ2n) is 3.66. The third-order valence-electron chi connectivity index (χ3n) is 2.52. The van der Waals surface area contributed by atoms with Gasteiger partial charge in [0.15, 0.2) is 0 Å². The molecule has 16 heavy (non-hydrogen) atoms. The minimum absolute atomic E-state index is 0.0637. The van der Waals surface area contributed by atoms with Gasteiger partial charge in [0.25, 0.3) is 0 Å². The highest BCUT2D eigenvalue weighted by Crippen LogP contribution is 2.15. The molecule has 1 aromatic rings. The third kappa shape index (κ3) is 3.07. The molecule has 0 aliphatic carbocycles. The van der Waals surface area contributed by atoms with Crippen molar-refractivity contribution in [3.63, 3.8) is 0 Å². The minimum atomic E-state index is 0.0637. The van der Waals surface area contributed by atoms with Gasteiger partial charge in [-0.1, -0.05) is 13.0 Å². The molecule has 0 aromatic carbocycles. The van der Waals surface area contributed by atoms with Crippen LogP contribution in [-0.4, -0.2) is 23.2 Å². The molecule has 1 heterocycles. The first-order valence-corrected chi connectivity index (χ1v) is 5.71. The lowest BCUT2D eigenvalue weighted by atomic mass is 10.2. The molecule has 0 atom stereocenters. The summed E-state index contributed by atoms with van der Waals surface area (Å²) in [6.07, 6.45) is 2.74. The molecule has 0 radical (unpaired) electrons. The monoisotopic (exact) mass is 220 g/mol. The van der Waals surface area contributed by atoms with Crippen molar-refractivity contribution in [2.24, 2.45) is 0 Å². The molecule has 0 saturated heterocycles. The van der Waals surface area contributed by atoms with Crippen LogP contribution < -0.4 is 4.90 Å². The lowest BCUT2D eigenvalue weighted by Crippen LogP contribution is -2.24. The Morgan fingerprint density at radius 2 is 2.19 bits per heavy atom. The number of anilines is 1. The minimum Gasteiger partial charge on any atom is -0.392 e. The smallest absolute Gasteiger partial charge is 0.129 e. The van der Waals surface area contributed by atoms with Gasteiger partial charge >= 0.3 is 0 Å². The van der Waals surface area contributed by atoms with Gasteiger partial charge in [-0.3, -0.25) is 0 Å². The van der Waals surface area contributed by atoms with Crippen molar-refractivity contribution < 1.29 is 5.11 Å². The van der Waals surface area contributed by atoms with Crippen LogP contribution in [0.15, 0.2) is 24.8 Å². The van der Waals surface area contributed by atoms with Crippen molar-refractivity contribution in [3.8, 4) is 0 Å². The third-order valence-corrected chi connectivity index (χ3v) is 2.52. The number of hydrogen-bond acceptors (Lipinski definition) is 3. The van der Waals surface area contributed by atoms with Crippen LogP contribution in [0.3, 0.4) is 0 Å². The summed E-state index contributed by atoms with van der Waals surface area (Å²) in [5.41, 5.74) is 1.94. The Morgan fingerprint density at radius 3 is 2.69 bits per heavy atom. The molecular formula is C13H20N2O. The van der Waals surface area contributed by atoms with E-state index in [0.717, 1.165) is 36.6 Å². The average Bonchev–Trinajstić information content (AvgIpc) is 2.35. The molecule has 3 heteroatoms. The van der Waals surface area contributed by atoms with Crippen LogP contribution in [0.5, 0.6) is 0 Å². The van der Waals surface area contributed by atoms with Gasteiger partial charge in [0.2, 0.25) is 0 Å². The summed E-state index contributed by atoms with van der Waals surface area (Å²) in [6, 6.07) is 3.89. The van der Waals surface area contributed by atoms with Gasteiger partial charge in [-0.25, -0.2) is 4.98 Å². The first-order chi connectivity index (χ1) is 7.74. The topological polar surface area (TPSA) is 36.4 Å². The number of likely N-dealkylation sites (N-methyl/N-ethyl adjacent to an activating group) is 1. The summed E-state index contributed by atoms with van der Waals surface area (Å²) >= 11 is 0. The molecule has 0 saturated carbocycles. The normalized spacial score (nSPS) is 10.2. The summed E-state index contributed by atoms with van der Waals surface area (Å²) in [7, 11) is 0. The van der Waals surface area contributed by atoms with E-state index in [4.69, 9.17) is 0 Å². The van der Waals surface area contributed by atoms with Crippen molar-refractivity contribution in [1.82, 2.24) is 4.98 Å². The van der Waals surface area contributed by atoms with E-state index in [0.29, 0.717) is 0 Å². The summed E-state index contributed by atoms with van der Waals surface area (Å²) < 4.78 is 0. The number of aliphatic hydroxyl groups is 1. The second-order valence-corrected chi connectivity index (χ2v) is 3.66. The Hall–Kier alpha value is -1.35. The number of nitrogens with zero attached hydrogens (tertiary/aromatic N) is 2. The molecule has 0 unspecified atom stereocenters. The Labute approximate surface area is 97.4 Å². The van der Waals surface area contributed by atoms with Gasteiger partial charge < -0.3 is 10.0 Å². The fraction of sp³-hybridized carbons (Fsp3) is 0.462. The highest BCUT2D eigenvalue weighted by Gasteiger charge is 2.06. The van der Waals surface area contributed by atoms with Crippen LogP contribution in [0.4, 0.5) is 5.82 Å². The van der Waals surface area contributed by atoms with E-state index in [1.54, 1.807) is 0 Å². The van der Waals surface area contributed by atoms with E-state index in [2.05, 4.69) is 30.3 Å². The molecule has 0 fully saturated rings. The number of aryl methyl sites for hydroxylation is 1. The molecule has 1 rings (SSSR count). The molecule has 0 bridgehead atoms.